The average Bonchev–Trinajstić information content (AvgIpc) is 3.22. The van der Waals surface area contributed by atoms with Crippen LogP contribution in [0.25, 0.3) is 0 Å². The van der Waals surface area contributed by atoms with Crippen molar-refractivity contribution in [3.63, 3.8) is 0 Å². The van der Waals surface area contributed by atoms with E-state index in [-0.39, 0.29) is 17.9 Å². The predicted octanol–water partition coefficient (Wildman–Crippen LogP) is 1.65. The Morgan fingerprint density at radius 3 is 2.74 bits per heavy atom. The summed E-state index contributed by atoms with van der Waals surface area (Å²) in [5.41, 5.74) is 0. The van der Waals surface area contributed by atoms with Gasteiger partial charge in [-0.2, -0.15) is 11.8 Å². The van der Waals surface area contributed by atoms with Gasteiger partial charge in [0.05, 0.1) is 0 Å². The largest absolute Gasteiger partial charge is 0.344 e. The van der Waals surface area contributed by atoms with Gasteiger partial charge in [0.2, 0.25) is 11.8 Å². The molecule has 2 rings (SSSR count). The van der Waals surface area contributed by atoms with Gasteiger partial charge in [-0.1, -0.05) is 6.42 Å². The van der Waals surface area contributed by atoms with E-state index < -0.39 is 0 Å². The Kier molecular flexibility index (Phi) is 5.55. The zero-order valence-corrected chi connectivity index (χ0v) is 12.5. The van der Waals surface area contributed by atoms with E-state index in [1.54, 1.807) is 0 Å². The van der Waals surface area contributed by atoms with E-state index in [1.807, 2.05) is 16.7 Å². The molecule has 5 heteroatoms. The van der Waals surface area contributed by atoms with Crippen LogP contribution in [0.5, 0.6) is 0 Å². The first-order valence-electron chi connectivity index (χ1n) is 7.29. The molecule has 4 nitrogen and oxygen atoms in total. The normalized spacial score (nSPS) is 24.3. The molecule has 19 heavy (non-hydrogen) atoms. The second kappa shape index (κ2) is 7.17. The lowest BCUT2D eigenvalue weighted by atomic mass is 10.1. The number of unbranched alkanes of at least 4 members (excludes halogenated alkanes) is 2. The van der Waals surface area contributed by atoms with Crippen LogP contribution in [0.1, 0.15) is 38.5 Å². The van der Waals surface area contributed by atoms with Crippen molar-refractivity contribution < 1.29 is 9.59 Å². The minimum absolute atomic E-state index is 0.0372. The van der Waals surface area contributed by atoms with E-state index in [9.17, 15) is 9.59 Å². The maximum absolute atomic E-state index is 12.4. The number of thioether (sulfide) groups is 1. The van der Waals surface area contributed by atoms with Gasteiger partial charge in [-0.15, -0.1) is 0 Å². The lowest BCUT2D eigenvalue weighted by Crippen LogP contribution is -2.46. The molecule has 1 N–H and O–H groups in total. The van der Waals surface area contributed by atoms with Crippen LogP contribution in [0, 0.1) is 5.92 Å². The van der Waals surface area contributed by atoms with Crippen molar-refractivity contribution in [3.8, 4) is 0 Å². The van der Waals surface area contributed by atoms with E-state index in [0.717, 1.165) is 25.8 Å². The van der Waals surface area contributed by atoms with Gasteiger partial charge in [0.25, 0.3) is 0 Å². The summed E-state index contributed by atoms with van der Waals surface area (Å²) in [7, 11) is 0. The summed E-state index contributed by atoms with van der Waals surface area (Å²) < 4.78 is 0. The predicted molar refractivity (Wildman–Crippen MR) is 78.1 cm³/mol. The number of nitrogens with one attached hydrogen (secondary N) is 1. The van der Waals surface area contributed by atoms with Gasteiger partial charge in [0.1, 0.15) is 6.04 Å². The second-order valence-electron chi connectivity index (χ2n) is 5.51. The molecule has 0 aromatic heterocycles. The number of nitrogens with zero attached hydrogens (tertiary/aromatic N) is 1. The van der Waals surface area contributed by atoms with Crippen molar-refractivity contribution in [2.75, 3.05) is 25.1 Å². The molecule has 1 aliphatic carbocycles. The minimum Gasteiger partial charge on any atom is -0.344 e. The van der Waals surface area contributed by atoms with Crippen molar-refractivity contribution in [3.05, 3.63) is 0 Å². The molecule has 1 aliphatic heterocycles. The quantitative estimate of drug-likeness (QED) is 0.723. The van der Waals surface area contributed by atoms with Gasteiger partial charge in [-0.05, 0) is 43.6 Å². The van der Waals surface area contributed by atoms with Crippen LogP contribution in [0.4, 0.5) is 0 Å². The highest BCUT2D eigenvalue weighted by atomic mass is 32.2. The Hall–Kier alpha value is -0.710. The Morgan fingerprint density at radius 1 is 1.26 bits per heavy atom. The highest BCUT2D eigenvalue weighted by Gasteiger charge is 2.40. The smallest absolute Gasteiger partial charge is 0.245 e. The van der Waals surface area contributed by atoms with Gasteiger partial charge >= 0.3 is 0 Å². The van der Waals surface area contributed by atoms with Crippen molar-refractivity contribution in [1.29, 1.82) is 0 Å². The molecule has 1 atom stereocenters. The fraction of sp³-hybridized carbons (Fsp3) is 0.857. The number of hydrogen-bond donors (Lipinski definition) is 1. The van der Waals surface area contributed by atoms with Crippen LogP contribution >= 0.6 is 11.8 Å². The lowest BCUT2D eigenvalue weighted by Gasteiger charge is -2.24. The summed E-state index contributed by atoms with van der Waals surface area (Å²) in [5, 5.41) is 2.90. The van der Waals surface area contributed by atoms with Crippen molar-refractivity contribution >= 4 is 23.6 Å². The molecule has 2 aliphatic rings. The first kappa shape index (κ1) is 14.7. The fourth-order valence-electron chi connectivity index (χ4n) is 2.55. The molecule has 2 amide bonds. The van der Waals surface area contributed by atoms with Gasteiger partial charge < -0.3 is 10.2 Å². The molecule has 0 spiro atoms. The lowest BCUT2D eigenvalue weighted by molar-refractivity contribution is -0.134. The number of rotatable bonds is 7. The number of hydrogen-bond acceptors (Lipinski definition) is 3. The Balaban J connectivity index is 1.80. The van der Waals surface area contributed by atoms with Crippen molar-refractivity contribution in [2.45, 2.75) is 44.6 Å². The van der Waals surface area contributed by atoms with Crippen LogP contribution in [-0.2, 0) is 9.59 Å². The summed E-state index contributed by atoms with van der Waals surface area (Å²) in [4.78, 5) is 25.9. The summed E-state index contributed by atoms with van der Waals surface area (Å²) in [5.74, 6) is 1.78. The molecular formula is C14H24N2O2S. The van der Waals surface area contributed by atoms with Crippen LogP contribution in [0.3, 0.4) is 0 Å². The Bertz CT molecular complexity index is 331. The third kappa shape index (κ3) is 4.41. The van der Waals surface area contributed by atoms with Crippen molar-refractivity contribution in [2.24, 2.45) is 5.92 Å². The van der Waals surface area contributed by atoms with Gasteiger partial charge in [0.15, 0.2) is 0 Å². The highest BCUT2D eigenvalue weighted by molar-refractivity contribution is 7.98. The van der Waals surface area contributed by atoms with Gasteiger partial charge in [-0.3, -0.25) is 9.59 Å². The molecule has 1 saturated carbocycles. The molecule has 0 aromatic rings. The molecule has 108 valence electrons. The second-order valence-corrected chi connectivity index (χ2v) is 6.50. The summed E-state index contributed by atoms with van der Waals surface area (Å²) in [6, 6.07) is -0.235. The SMILES string of the molecule is CSCCCCCN1CCC(=O)NC(C2CC2)C1=O. The molecule has 1 heterocycles. The van der Waals surface area contributed by atoms with E-state index in [4.69, 9.17) is 0 Å². The fourth-order valence-corrected chi connectivity index (χ4v) is 3.04. The molecule has 2 fully saturated rings. The third-order valence-electron chi connectivity index (χ3n) is 3.87. The van der Waals surface area contributed by atoms with Crippen LogP contribution in [0.15, 0.2) is 0 Å². The monoisotopic (exact) mass is 284 g/mol. The summed E-state index contributed by atoms with van der Waals surface area (Å²) >= 11 is 1.87. The molecule has 0 radical (unpaired) electrons. The highest BCUT2D eigenvalue weighted by Crippen LogP contribution is 2.34. The molecule has 0 bridgehead atoms. The van der Waals surface area contributed by atoms with Crippen LogP contribution in [-0.4, -0.2) is 47.9 Å². The van der Waals surface area contributed by atoms with Gasteiger partial charge in [0, 0.05) is 19.5 Å². The number of amides is 2. The minimum atomic E-state index is -0.235. The third-order valence-corrected chi connectivity index (χ3v) is 4.57. The Labute approximate surface area is 119 Å². The van der Waals surface area contributed by atoms with E-state index in [1.165, 1.54) is 18.6 Å². The molecule has 0 aromatic carbocycles. The number of carbonyl (C=O) groups excluding carboxylic acids is 2. The molecular weight excluding hydrogens is 260 g/mol. The molecule has 1 saturated heterocycles. The van der Waals surface area contributed by atoms with Gasteiger partial charge in [-0.25, -0.2) is 0 Å². The molecule has 1 unspecified atom stereocenters. The maximum atomic E-state index is 12.4. The van der Waals surface area contributed by atoms with Crippen LogP contribution < -0.4 is 5.32 Å². The summed E-state index contributed by atoms with van der Waals surface area (Å²) in [6.45, 7) is 1.40. The number of carbonyl (C=O) groups is 2. The average molecular weight is 284 g/mol. The van der Waals surface area contributed by atoms with E-state index >= 15 is 0 Å². The first-order valence-corrected chi connectivity index (χ1v) is 8.69. The van der Waals surface area contributed by atoms with E-state index in [0.29, 0.717) is 18.9 Å². The zero-order chi connectivity index (χ0) is 13.7. The maximum Gasteiger partial charge on any atom is 0.245 e. The first-order chi connectivity index (χ1) is 9.22. The topological polar surface area (TPSA) is 49.4 Å². The van der Waals surface area contributed by atoms with Crippen molar-refractivity contribution in [1.82, 2.24) is 10.2 Å². The summed E-state index contributed by atoms with van der Waals surface area (Å²) in [6.07, 6.45) is 8.18. The van der Waals surface area contributed by atoms with E-state index in [2.05, 4.69) is 11.6 Å². The standard InChI is InChI=1S/C14H24N2O2S/c1-19-10-4-2-3-8-16-9-7-12(17)15-13(14(16)18)11-5-6-11/h11,13H,2-10H2,1H3,(H,15,17). The Morgan fingerprint density at radius 2 is 2.05 bits per heavy atom. The van der Waals surface area contributed by atoms with Crippen LogP contribution in [0.2, 0.25) is 0 Å². The zero-order valence-electron chi connectivity index (χ0n) is 11.7.